The molecular formula is C39H64N12O21S. The van der Waals surface area contributed by atoms with Crippen LogP contribution in [0.3, 0.4) is 0 Å². The van der Waals surface area contributed by atoms with E-state index in [-0.39, 0.29) is 36.8 Å². The summed E-state index contributed by atoms with van der Waals surface area (Å²) in [7, 11) is 0. The Balaban J connectivity index is 2.01. The number of aromatic nitrogens is 2. The van der Waals surface area contributed by atoms with Gasteiger partial charge in [0.15, 0.2) is 24.5 Å². The number of carboxylic acids is 2. The van der Waals surface area contributed by atoms with Crippen LogP contribution in [0.5, 0.6) is 0 Å². The number of thiol groups is 1. The van der Waals surface area contributed by atoms with Gasteiger partial charge in [0.1, 0.15) is 73.0 Å². The highest BCUT2D eigenvalue weighted by Gasteiger charge is 2.51. The molecule has 6 amide bonds. The lowest BCUT2D eigenvalue weighted by atomic mass is 9.96. The van der Waals surface area contributed by atoms with Crippen molar-refractivity contribution >= 4 is 66.0 Å². The number of aliphatic hydroxyl groups is 8. The summed E-state index contributed by atoms with van der Waals surface area (Å²) >= 11 is 3.91. The monoisotopic (exact) mass is 1070 g/mol. The molecule has 17 atom stereocenters. The first-order chi connectivity index (χ1) is 34.3. The van der Waals surface area contributed by atoms with Crippen molar-refractivity contribution in [1.82, 2.24) is 41.9 Å². The maximum Gasteiger partial charge on any atom is 0.328 e. The van der Waals surface area contributed by atoms with Crippen LogP contribution in [0.4, 0.5) is 0 Å². The number of hydrogen-bond donors (Lipinski definition) is 21. The number of rotatable bonds is 28. The maximum atomic E-state index is 14.3. The zero-order chi connectivity index (χ0) is 54.9. The van der Waals surface area contributed by atoms with E-state index in [1.54, 1.807) is 0 Å². The van der Waals surface area contributed by atoms with Gasteiger partial charge >= 0.3 is 11.9 Å². The van der Waals surface area contributed by atoms with E-state index in [0.29, 0.717) is 0 Å². The number of aromatic amines is 1. The van der Waals surface area contributed by atoms with E-state index in [0.717, 1.165) is 6.92 Å². The highest BCUT2D eigenvalue weighted by molar-refractivity contribution is 7.80. The van der Waals surface area contributed by atoms with Crippen LogP contribution in [0.2, 0.25) is 0 Å². The quantitative estimate of drug-likeness (QED) is 0.0160. The molecule has 1 aromatic heterocycles. The van der Waals surface area contributed by atoms with Crippen LogP contribution in [0.1, 0.15) is 38.3 Å². The van der Waals surface area contributed by atoms with Crippen molar-refractivity contribution in [2.24, 2.45) is 22.2 Å². The van der Waals surface area contributed by atoms with Gasteiger partial charge in [0.2, 0.25) is 35.4 Å². The zero-order valence-electron chi connectivity index (χ0n) is 38.9. The Labute approximate surface area is 419 Å². The molecule has 33 nitrogen and oxygen atoms in total. The third-order valence-corrected chi connectivity index (χ3v) is 11.5. The van der Waals surface area contributed by atoms with Gasteiger partial charge in [-0.2, -0.15) is 12.6 Å². The van der Waals surface area contributed by atoms with Crippen LogP contribution in [-0.2, 0) is 59.0 Å². The van der Waals surface area contributed by atoms with E-state index in [2.05, 4.69) is 59.5 Å². The van der Waals surface area contributed by atoms with Gasteiger partial charge in [-0.15, -0.1) is 0 Å². The minimum absolute atomic E-state index is 0.0963. The van der Waals surface area contributed by atoms with Crippen LogP contribution < -0.4 is 49.1 Å². The lowest BCUT2D eigenvalue weighted by Crippen LogP contribution is -2.67. The number of amides is 6. The third kappa shape index (κ3) is 18.2. The minimum atomic E-state index is -2.17. The molecule has 0 saturated carbocycles. The molecular weight excluding hydrogens is 1000 g/mol. The second-order valence-corrected chi connectivity index (χ2v) is 17.1. The number of imidazole rings is 1. The predicted molar refractivity (Wildman–Crippen MR) is 244 cm³/mol. The Bertz CT molecular complexity index is 2050. The molecule has 0 spiro atoms. The largest absolute Gasteiger partial charge is 0.481 e. The number of guanidine groups is 1. The maximum absolute atomic E-state index is 14.3. The van der Waals surface area contributed by atoms with Crippen molar-refractivity contribution in [1.29, 1.82) is 0 Å². The van der Waals surface area contributed by atoms with E-state index < -0.39 is 184 Å². The molecule has 0 unspecified atom stereocenters. The molecule has 73 heavy (non-hydrogen) atoms. The molecule has 0 radical (unpaired) electrons. The number of carbonyl (C=O) groups is 8. The van der Waals surface area contributed by atoms with Crippen molar-refractivity contribution < 1.29 is 104 Å². The standard InChI is InChI=1S/C39H64N12O21S/c1-13(54)24(37(68)69)51-35(67)17(5-14-8-43-12-45-14)48-33(65)18(49-32(64)16(3-2-4-44-39(41)42)46-34(66)19(7-23(56)57)47-31(63)15(40)11-73)6-22(55)50-36-28(61)27(60)30(21(10-53)70-36)72-38-29(62)26(59)25(58)20(9-52)71-38/h8,12-13,15-21,24-30,36,38,52-54,58-62,73H,2-7,9-11,40H2,1H3,(H,43,45)(H,46,66)(H,47,63)(H,48,65)(H,49,64)(H,50,55)(H,51,67)(H,56,57)(H,68,69)(H4,41,42,44)/t13-,15+,16+,17+,18+,19+,20-,21-,24+,25-,26+,27-,28-,29-,30-,36-,38+/m1/s1. The molecule has 0 bridgehead atoms. The first-order valence-electron chi connectivity index (χ1n) is 22.2. The van der Waals surface area contributed by atoms with Crippen LogP contribution in [0, 0.1) is 0 Å². The third-order valence-electron chi connectivity index (χ3n) is 11.1. The molecule has 0 aromatic carbocycles. The van der Waals surface area contributed by atoms with Crippen molar-refractivity contribution in [3.8, 4) is 0 Å². The van der Waals surface area contributed by atoms with Gasteiger partial charge in [0.05, 0.1) is 44.5 Å². The van der Waals surface area contributed by atoms with Crippen molar-refractivity contribution in [2.75, 3.05) is 25.5 Å². The topological polar surface area (TPSA) is 558 Å². The fraction of sp³-hybridized carbons (Fsp3) is 0.692. The molecule has 2 saturated heterocycles. The van der Waals surface area contributed by atoms with Gasteiger partial charge in [0, 0.05) is 30.6 Å². The lowest BCUT2D eigenvalue weighted by Gasteiger charge is -2.46. The Morgan fingerprint density at radius 2 is 1.36 bits per heavy atom. The van der Waals surface area contributed by atoms with E-state index in [4.69, 9.17) is 31.4 Å². The first-order valence-corrected chi connectivity index (χ1v) is 22.9. The predicted octanol–water partition coefficient (Wildman–Crippen LogP) is -11.2. The Hall–Kier alpha value is -5.89. The summed E-state index contributed by atoms with van der Waals surface area (Å²) in [6.07, 6.45) is -21.2. The number of aliphatic hydroxyl groups excluding tert-OH is 8. The highest BCUT2D eigenvalue weighted by Crippen LogP contribution is 2.29. The number of nitrogens with zero attached hydrogens (tertiary/aromatic N) is 2. The molecule has 34 heteroatoms. The second-order valence-electron chi connectivity index (χ2n) is 16.8. The number of ether oxygens (including phenoxy) is 3. The Morgan fingerprint density at radius 3 is 1.90 bits per heavy atom. The summed E-state index contributed by atoms with van der Waals surface area (Å²) in [6, 6.07) is -10.7. The minimum Gasteiger partial charge on any atom is -0.481 e. The van der Waals surface area contributed by atoms with Crippen molar-refractivity contribution in [3.05, 3.63) is 18.2 Å². The summed E-state index contributed by atoms with van der Waals surface area (Å²) < 4.78 is 16.4. The number of aliphatic imine (C=N–C) groups is 1. The number of hydrogen-bond acceptors (Lipinski definition) is 23. The number of carboxylic acid groups (broad SMARTS) is 2. The fourth-order valence-electron chi connectivity index (χ4n) is 7.12. The van der Waals surface area contributed by atoms with E-state index in [1.807, 2.05) is 0 Å². The van der Waals surface area contributed by atoms with Crippen LogP contribution in [-0.4, -0.2) is 244 Å². The summed E-state index contributed by atoms with van der Waals surface area (Å²) in [5.74, 6) is -11.2. The molecule has 23 N–H and O–H groups in total. The highest BCUT2D eigenvalue weighted by atomic mass is 32.1. The number of H-pyrrole nitrogens is 1. The Morgan fingerprint density at radius 1 is 0.781 bits per heavy atom. The second kappa shape index (κ2) is 29.1. The zero-order valence-corrected chi connectivity index (χ0v) is 39.8. The number of nitrogens with one attached hydrogen (secondary N) is 7. The van der Waals surface area contributed by atoms with Gasteiger partial charge in [0.25, 0.3) is 0 Å². The van der Waals surface area contributed by atoms with Gasteiger partial charge in [-0.1, -0.05) is 0 Å². The molecule has 3 heterocycles. The SMILES string of the molecule is C[C@@H](O)[C@H](NC(=O)[C@H](Cc1cnc[nH]1)NC(=O)[C@H](CC(=O)N[C@@H]1O[C@H](CO)[C@@H](O[C@@H]2O[C@H](CO)[C@@H](O)[C@H](O)[C@H]2O)[C@H](O)[C@H]1O)NC(=O)[C@H](CCCN=C(N)N)NC(=O)[C@H](CC(=O)O)NC(=O)[C@@H](N)CS)C(=O)O. The van der Waals surface area contributed by atoms with E-state index >= 15 is 0 Å². The number of aliphatic carboxylic acids is 2. The molecule has 0 aliphatic carbocycles. The van der Waals surface area contributed by atoms with Gasteiger partial charge < -0.3 is 119 Å². The van der Waals surface area contributed by atoms with Crippen molar-refractivity contribution in [2.45, 2.75) is 143 Å². The smallest absolute Gasteiger partial charge is 0.328 e. The van der Waals surface area contributed by atoms with Gasteiger partial charge in [-0.05, 0) is 19.8 Å². The average molecular weight is 1070 g/mol. The summed E-state index contributed by atoms with van der Waals surface area (Å²) in [4.78, 5) is 116. The first kappa shape index (κ1) is 61.4. The number of carbonyl (C=O) groups excluding carboxylic acids is 6. The summed E-state index contributed by atoms with van der Waals surface area (Å²) in [6.45, 7) is -0.997. The molecule has 2 aliphatic heterocycles. The number of nitrogens with two attached hydrogens (primary N) is 3. The van der Waals surface area contributed by atoms with Crippen molar-refractivity contribution in [3.63, 3.8) is 0 Å². The average Bonchev–Trinajstić information content (AvgIpc) is 3.85. The van der Waals surface area contributed by atoms with Crippen LogP contribution in [0.15, 0.2) is 17.5 Å². The molecule has 412 valence electrons. The van der Waals surface area contributed by atoms with E-state index in [9.17, 15) is 89.4 Å². The van der Waals surface area contributed by atoms with Crippen LogP contribution >= 0.6 is 12.6 Å². The molecule has 1 aromatic rings. The van der Waals surface area contributed by atoms with Crippen LogP contribution in [0.25, 0.3) is 0 Å². The van der Waals surface area contributed by atoms with Gasteiger partial charge in [-0.25, -0.2) is 9.78 Å². The lowest BCUT2D eigenvalue weighted by molar-refractivity contribution is -0.343. The van der Waals surface area contributed by atoms with Gasteiger partial charge in [-0.3, -0.25) is 38.6 Å². The Kier molecular flexibility index (Phi) is 24.5. The normalized spacial score (nSPS) is 26.7. The molecule has 3 rings (SSSR count). The van der Waals surface area contributed by atoms with E-state index in [1.165, 1.54) is 12.5 Å². The summed E-state index contributed by atoms with van der Waals surface area (Å²) in [5, 5.41) is 115. The summed E-state index contributed by atoms with van der Waals surface area (Å²) in [5.41, 5.74) is 16.7. The fourth-order valence-corrected chi connectivity index (χ4v) is 7.29. The molecule has 2 fully saturated rings. The molecule has 2 aliphatic rings.